The van der Waals surface area contributed by atoms with Gasteiger partial charge in [-0.2, -0.15) is 5.10 Å². The summed E-state index contributed by atoms with van der Waals surface area (Å²) in [6.07, 6.45) is 3.14. The van der Waals surface area contributed by atoms with Gasteiger partial charge in [0, 0.05) is 24.2 Å². The molecule has 1 rings (SSSR count). The van der Waals surface area contributed by atoms with Gasteiger partial charge in [-0.3, -0.25) is 4.68 Å². The van der Waals surface area contributed by atoms with E-state index in [2.05, 4.69) is 5.10 Å². The molecule has 1 aromatic rings. The van der Waals surface area contributed by atoms with Crippen LogP contribution >= 0.6 is 0 Å². The molecule has 0 saturated carbocycles. The van der Waals surface area contributed by atoms with Crippen LogP contribution in [0.2, 0.25) is 0 Å². The van der Waals surface area contributed by atoms with E-state index in [1.807, 2.05) is 18.5 Å². The van der Waals surface area contributed by atoms with Crippen LogP contribution in [0.25, 0.3) is 0 Å². The van der Waals surface area contributed by atoms with Crippen LogP contribution in [0.3, 0.4) is 0 Å². The fraction of sp³-hybridized carbons (Fsp3) is 0.500. The molecular formula is C8H12N2O. The summed E-state index contributed by atoms with van der Waals surface area (Å²) in [4.78, 5) is 10.2. The van der Waals surface area contributed by atoms with Gasteiger partial charge in [-0.15, -0.1) is 0 Å². The van der Waals surface area contributed by atoms with Gasteiger partial charge in [-0.1, -0.05) is 0 Å². The van der Waals surface area contributed by atoms with Crippen molar-refractivity contribution in [2.24, 2.45) is 0 Å². The van der Waals surface area contributed by atoms with Gasteiger partial charge in [0.1, 0.15) is 6.29 Å². The smallest absolute Gasteiger partial charge is 0.124 e. The normalized spacial score (nSPS) is 10.0. The standard InChI is InChI=1S/C8H12N2O/c1-3-10-7(2)8(4-5-11)6-9-10/h5-6H,3-4H2,1-2H3. The van der Waals surface area contributed by atoms with E-state index < -0.39 is 0 Å². The number of aldehydes is 1. The van der Waals surface area contributed by atoms with Crippen LogP contribution in [-0.2, 0) is 17.8 Å². The molecule has 0 saturated heterocycles. The molecule has 0 spiro atoms. The highest BCUT2D eigenvalue weighted by atomic mass is 16.1. The van der Waals surface area contributed by atoms with Crippen molar-refractivity contribution in [3.8, 4) is 0 Å². The van der Waals surface area contributed by atoms with Crippen LogP contribution in [0, 0.1) is 6.92 Å². The second kappa shape index (κ2) is 3.32. The highest BCUT2D eigenvalue weighted by Crippen LogP contribution is 2.05. The third-order valence-corrected chi connectivity index (χ3v) is 1.81. The number of nitrogens with zero attached hydrogens (tertiary/aromatic N) is 2. The van der Waals surface area contributed by atoms with E-state index in [4.69, 9.17) is 0 Å². The van der Waals surface area contributed by atoms with E-state index in [-0.39, 0.29) is 0 Å². The Morgan fingerprint density at radius 2 is 2.45 bits per heavy atom. The van der Waals surface area contributed by atoms with E-state index in [9.17, 15) is 4.79 Å². The Morgan fingerprint density at radius 3 is 2.91 bits per heavy atom. The third kappa shape index (κ3) is 1.48. The summed E-state index contributed by atoms with van der Waals surface area (Å²) in [7, 11) is 0. The van der Waals surface area contributed by atoms with Crippen molar-refractivity contribution in [1.82, 2.24) is 9.78 Å². The lowest BCUT2D eigenvalue weighted by Gasteiger charge is -1.98. The van der Waals surface area contributed by atoms with Gasteiger partial charge < -0.3 is 4.79 Å². The highest BCUT2D eigenvalue weighted by Gasteiger charge is 2.02. The van der Waals surface area contributed by atoms with Crippen LogP contribution in [0.4, 0.5) is 0 Å². The first-order valence-electron chi connectivity index (χ1n) is 3.74. The maximum atomic E-state index is 10.2. The Hall–Kier alpha value is -1.12. The molecule has 1 heterocycles. The summed E-state index contributed by atoms with van der Waals surface area (Å²) in [5.41, 5.74) is 2.13. The minimum absolute atomic E-state index is 0.478. The third-order valence-electron chi connectivity index (χ3n) is 1.81. The van der Waals surface area contributed by atoms with Crippen molar-refractivity contribution in [2.75, 3.05) is 0 Å². The van der Waals surface area contributed by atoms with E-state index in [0.717, 1.165) is 24.1 Å². The van der Waals surface area contributed by atoms with Crippen LogP contribution in [-0.4, -0.2) is 16.1 Å². The Bertz CT molecular complexity index is 253. The quantitative estimate of drug-likeness (QED) is 0.604. The molecule has 1 aromatic heterocycles. The van der Waals surface area contributed by atoms with Gasteiger partial charge in [0.25, 0.3) is 0 Å². The molecule has 0 amide bonds. The minimum atomic E-state index is 0.478. The van der Waals surface area contributed by atoms with Gasteiger partial charge in [-0.05, 0) is 13.8 Å². The monoisotopic (exact) mass is 152 g/mol. The average molecular weight is 152 g/mol. The molecule has 0 N–H and O–H groups in total. The van der Waals surface area contributed by atoms with Gasteiger partial charge >= 0.3 is 0 Å². The molecule has 3 nitrogen and oxygen atoms in total. The average Bonchev–Trinajstić information content (AvgIpc) is 2.34. The Labute approximate surface area is 66.0 Å². The van der Waals surface area contributed by atoms with E-state index in [1.165, 1.54) is 0 Å². The Morgan fingerprint density at radius 1 is 1.73 bits per heavy atom. The molecular weight excluding hydrogens is 140 g/mol. The highest BCUT2D eigenvalue weighted by molar-refractivity contribution is 5.55. The topological polar surface area (TPSA) is 34.9 Å². The fourth-order valence-electron chi connectivity index (χ4n) is 1.09. The summed E-state index contributed by atoms with van der Waals surface area (Å²) in [5.74, 6) is 0. The van der Waals surface area contributed by atoms with Crippen molar-refractivity contribution in [2.45, 2.75) is 26.8 Å². The maximum absolute atomic E-state index is 10.2. The minimum Gasteiger partial charge on any atom is -0.303 e. The van der Waals surface area contributed by atoms with Crippen LogP contribution in [0.5, 0.6) is 0 Å². The molecule has 0 unspecified atom stereocenters. The maximum Gasteiger partial charge on any atom is 0.124 e. The predicted octanol–water partition coefficient (Wildman–Crippen LogP) is 0.953. The lowest BCUT2D eigenvalue weighted by Crippen LogP contribution is -1.99. The molecule has 11 heavy (non-hydrogen) atoms. The van der Waals surface area contributed by atoms with Crippen molar-refractivity contribution in [3.05, 3.63) is 17.5 Å². The zero-order valence-corrected chi connectivity index (χ0v) is 6.87. The molecule has 0 bridgehead atoms. The number of hydrogen-bond donors (Lipinski definition) is 0. The summed E-state index contributed by atoms with van der Waals surface area (Å²) in [6.45, 7) is 4.88. The molecule has 0 aliphatic heterocycles. The van der Waals surface area contributed by atoms with Gasteiger partial charge in [-0.25, -0.2) is 0 Å². The second-order valence-corrected chi connectivity index (χ2v) is 2.44. The van der Waals surface area contributed by atoms with Crippen LogP contribution in [0.1, 0.15) is 18.2 Å². The second-order valence-electron chi connectivity index (χ2n) is 2.44. The SMILES string of the molecule is CCn1ncc(CC=O)c1C. The Kier molecular flexibility index (Phi) is 2.41. The van der Waals surface area contributed by atoms with Crippen LogP contribution < -0.4 is 0 Å². The number of hydrogen-bond acceptors (Lipinski definition) is 2. The predicted molar refractivity (Wildman–Crippen MR) is 42.4 cm³/mol. The Balaban J connectivity index is 2.90. The molecule has 60 valence electrons. The molecule has 0 atom stereocenters. The molecule has 0 aromatic carbocycles. The van der Waals surface area contributed by atoms with Gasteiger partial charge in [0.05, 0.1) is 6.20 Å². The number of carbonyl (C=O) groups is 1. The summed E-state index contributed by atoms with van der Waals surface area (Å²) in [5, 5.41) is 4.11. The zero-order chi connectivity index (χ0) is 8.27. The molecule has 3 heteroatoms. The largest absolute Gasteiger partial charge is 0.303 e. The first kappa shape index (κ1) is 7.98. The van der Waals surface area contributed by atoms with Crippen molar-refractivity contribution < 1.29 is 4.79 Å². The first-order valence-corrected chi connectivity index (χ1v) is 3.74. The molecule has 0 aliphatic carbocycles. The lowest BCUT2D eigenvalue weighted by atomic mass is 10.2. The number of aryl methyl sites for hydroxylation is 1. The van der Waals surface area contributed by atoms with Crippen molar-refractivity contribution in [3.63, 3.8) is 0 Å². The van der Waals surface area contributed by atoms with E-state index >= 15 is 0 Å². The zero-order valence-electron chi connectivity index (χ0n) is 6.87. The van der Waals surface area contributed by atoms with Crippen LogP contribution in [0.15, 0.2) is 6.20 Å². The molecule has 0 fully saturated rings. The number of rotatable bonds is 3. The fourth-order valence-corrected chi connectivity index (χ4v) is 1.09. The number of aromatic nitrogens is 2. The van der Waals surface area contributed by atoms with Crippen molar-refractivity contribution >= 4 is 6.29 Å². The van der Waals surface area contributed by atoms with E-state index in [0.29, 0.717) is 6.42 Å². The van der Waals surface area contributed by atoms with Gasteiger partial charge in [0.15, 0.2) is 0 Å². The molecule has 0 radical (unpaired) electrons. The lowest BCUT2D eigenvalue weighted by molar-refractivity contribution is -0.107. The number of carbonyl (C=O) groups excluding carboxylic acids is 1. The van der Waals surface area contributed by atoms with Crippen molar-refractivity contribution in [1.29, 1.82) is 0 Å². The summed E-state index contributed by atoms with van der Waals surface area (Å²) >= 11 is 0. The molecule has 0 aliphatic rings. The van der Waals surface area contributed by atoms with Gasteiger partial charge in [0.2, 0.25) is 0 Å². The van der Waals surface area contributed by atoms with E-state index in [1.54, 1.807) is 6.20 Å². The summed E-state index contributed by atoms with van der Waals surface area (Å²) in [6, 6.07) is 0. The summed E-state index contributed by atoms with van der Waals surface area (Å²) < 4.78 is 1.89. The first-order chi connectivity index (χ1) is 5.29.